The van der Waals surface area contributed by atoms with E-state index in [2.05, 4.69) is 25.7 Å². The van der Waals surface area contributed by atoms with Crippen LogP contribution in [0.25, 0.3) is 6.08 Å². The van der Waals surface area contributed by atoms with E-state index in [1.165, 1.54) is 25.0 Å². The van der Waals surface area contributed by atoms with Crippen LogP contribution in [0.2, 0.25) is 0 Å². The number of aromatic nitrogens is 2. The normalized spacial score (nSPS) is 13.9. The van der Waals surface area contributed by atoms with Gasteiger partial charge in [0.2, 0.25) is 5.91 Å². The van der Waals surface area contributed by atoms with Gasteiger partial charge in [-0.2, -0.15) is 5.10 Å². The minimum absolute atomic E-state index is 0.0253. The third-order valence-electron chi connectivity index (χ3n) is 4.21. The van der Waals surface area contributed by atoms with E-state index >= 15 is 0 Å². The van der Waals surface area contributed by atoms with Gasteiger partial charge in [-0.3, -0.25) is 4.79 Å². The molecule has 27 heavy (non-hydrogen) atoms. The number of anilines is 2. The molecule has 2 heterocycles. The van der Waals surface area contributed by atoms with Crippen LogP contribution in [0.3, 0.4) is 0 Å². The van der Waals surface area contributed by atoms with Crippen molar-refractivity contribution >= 4 is 23.5 Å². The molecular formula is C19H21F2N5O. The van der Waals surface area contributed by atoms with Crippen LogP contribution in [0.1, 0.15) is 18.4 Å². The number of nitrogens with zero attached hydrogens (tertiary/aromatic N) is 3. The van der Waals surface area contributed by atoms with Crippen LogP contribution in [-0.4, -0.2) is 42.3 Å². The van der Waals surface area contributed by atoms with E-state index in [-0.39, 0.29) is 5.56 Å². The molecular weight excluding hydrogens is 352 g/mol. The highest BCUT2D eigenvalue weighted by molar-refractivity contribution is 5.91. The fourth-order valence-electron chi connectivity index (χ4n) is 2.83. The Hall–Kier alpha value is -3.03. The predicted octanol–water partition coefficient (Wildman–Crippen LogP) is 2.60. The van der Waals surface area contributed by atoms with Gasteiger partial charge in [0.05, 0.1) is 11.9 Å². The molecule has 1 aliphatic heterocycles. The van der Waals surface area contributed by atoms with Crippen LogP contribution >= 0.6 is 0 Å². The molecule has 1 aliphatic rings. The topological polar surface area (TPSA) is 70.2 Å². The van der Waals surface area contributed by atoms with E-state index in [0.717, 1.165) is 37.0 Å². The highest BCUT2D eigenvalue weighted by Gasteiger charge is 2.13. The van der Waals surface area contributed by atoms with Gasteiger partial charge in [-0.15, -0.1) is 5.10 Å². The van der Waals surface area contributed by atoms with Crippen molar-refractivity contribution in [2.45, 2.75) is 12.8 Å². The largest absolute Gasteiger partial charge is 0.370 e. The molecule has 3 rings (SSSR count). The van der Waals surface area contributed by atoms with Crippen molar-refractivity contribution in [2.75, 3.05) is 36.4 Å². The number of carbonyl (C=O) groups excluding carboxylic acids is 1. The predicted molar refractivity (Wildman–Crippen MR) is 100 cm³/mol. The standard InChI is InChI=1S/C19H21F2N5O/c20-15-4-5-17(21)14(11-15)3-6-19(27)23-8-7-22-18-12-16(13-24-25-18)26-9-1-2-10-26/h3-6,11-13H,1-2,7-10H2,(H,22,25)(H,23,27)/b6-3+. The monoisotopic (exact) mass is 373 g/mol. The summed E-state index contributed by atoms with van der Waals surface area (Å²) in [6.07, 6.45) is 6.53. The second-order valence-electron chi connectivity index (χ2n) is 6.21. The highest BCUT2D eigenvalue weighted by Crippen LogP contribution is 2.20. The molecule has 0 radical (unpaired) electrons. The van der Waals surface area contributed by atoms with Crippen LogP contribution in [0.15, 0.2) is 36.5 Å². The average Bonchev–Trinajstić information content (AvgIpc) is 3.21. The van der Waals surface area contributed by atoms with E-state index in [1.54, 1.807) is 6.20 Å². The van der Waals surface area contributed by atoms with Gasteiger partial charge < -0.3 is 15.5 Å². The Morgan fingerprint density at radius 1 is 1.19 bits per heavy atom. The summed E-state index contributed by atoms with van der Waals surface area (Å²) in [5, 5.41) is 13.8. The molecule has 0 spiro atoms. The summed E-state index contributed by atoms with van der Waals surface area (Å²) < 4.78 is 26.6. The summed E-state index contributed by atoms with van der Waals surface area (Å²) >= 11 is 0. The third kappa shape index (κ3) is 5.47. The quantitative estimate of drug-likeness (QED) is 0.577. The summed E-state index contributed by atoms with van der Waals surface area (Å²) in [7, 11) is 0. The Bertz CT molecular complexity index is 821. The minimum Gasteiger partial charge on any atom is -0.370 e. The minimum atomic E-state index is -0.585. The van der Waals surface area contributed by atoms with Crippen LogP contribution in [0.5, 0.6) is 0 Å². The first-order valence-electron chi connectivity index (χ1n) is 8.84. The smallest absolute Gasteiger partial charge is 0.244 e. The van der Waals surface area contributed by atoms with E-state index < -0.39 is 17.5 Å². The second kappa shape index (κ2) is 9.07. The molecule has 0 atom stereocenters. The van der Waals surface area contributed by atoms with Crippen LogP contribution in [0.4, 0.5) is 20.3 Å². The summed E-state index contributed by atoms with van der Waals surface area (Å²) in [6, 6.07) is 5.02. The summed E-state index contributed by atoms with van der Waals surface area (Å²) in [5.74, 6) is -0.889. The van der Waals surface area contributed by atoms with Crippen molar-refractivity contribution in [3.05, 3.63) is 53.7 Å². The lowest BCUT2D eigenvalue weighted by atomic mass is 10.2. The number of halogens is 2. The second-order valence-corrected chi connectivity index (χ2v) is 6.21. The Balaban J connectivity index is 1.43. The van der Waals surface area contributed by atoms with Crippen molar-refractivity contribution in [1.82, 2.24) is 15.5 Å². The summed E-state index contributed by atoms with van der Waals surface area (Å²) in [6.45, 7) is 2.87. The molecule has 1 aromatic carbocycles. The van der Waals surface area contributed by atoms with Crippen molar-refractivity contribution in [3.8, 4) is 0 Å². The molecule has 1 aromatic heterocycles. The molecule has 1 fully saturated rings. The summed E-state index contributed by atoms with van der Waals surface area (Å²) in [5.41, 5.74) is 1.06. The van der Waals surface area contributed by atoms with Gasteiger partial charge in [0.1, 0.15) is 11.6 Å². The van der Waals surface area contributed by atoms with Crippen molar-refractivity contribution in [3.63, 3.8) is 0 Å². The molecule has 0 aliphatic carbocycles. The van der Waals surface area contributed by atoms with Crippen LogP contribution < -0.4 is 15.5 Å². The molecule has 2 aromatic rings. The molecule has 1 saturated heterocycles. The third-order valence-corrected chi connectivity index (χ3v) is 4.21. The lowest BCUT2D eigenvalue weighted by Gasteiger charge is -2.17. The van der Waals surface area contributed by atoms with E-state index in [1.807, 2.05) is 6.07 Å². The first-order chi connectivity index (χ1) is 13.1. The molecule has 8 heteroatoms. The Morgan fingerprint density at radius 3 is 2.81 bits per heavy atom. The number of amides is 1. The SMILES string of the molecule is O=C(/C=C/c1cc(F)ccc1F)NCCNc1cc(N2CCCC2)cnn1. The molecule has 0 saturated carbocycles. The van der Waals surface area contributed by atoms with Crippen LogP contribution in [-0.2, 0) is 4.79 Å². The molecule has 6 nitrogen and oxygen atoms in total. The fraction of sp³-hybridized carbons (Fsp3) is 0.316. The number of hydrogen-bond acceptors (Lipinski definition) is 5. The first kappa shape index (κ1) is 18.8. The molecule has 0 bridgehead atoms. The van der Waals surface area contributed by atoms with Gasteiger partial charge >= 0.3 is 0 Å². The number of benzene rings is 1. The molecule has 0 unspecified atom stereocenters. The van der Waals surface area contributed by atoms with Crippen molar-refractivity contribution < 1.29 is 13.6 Å². The van der Waals surface area contributed by atoms with E-state index in [9.17, 15) is 13.6 Å². The number of nitrogens with one attached hydrogen (secondary N) is 2. The maximum atomic E-state index is 13.5. The van der Waals surface area contributed by atoms with E-state index in [0.29, 0.717) is 18.9 Å². The van der Waals surface area contributed by atoms with Gasteiger partial charge in [0, 0.05) is 43.9 Å². The van der Waals surface area contributed by atoms with Crippen molar-refractivity contribution in [1.29, 1.82) is 0 Å². The highest BCUT2D eigenvalue weighted by atomic mass is 19.1. The van der Waals surface area contributed by atoms with Gasteiger partial charge in [0.15, 0.2) is 5.82 Å². The Kier molecular flexibility index (Phi) is 6.30. The lowest BCUT2D eigenvalue weighted by Crippen LogP contribution is -2.27. The Labute approximate surface area is 156 Å². The van der Waals surface area contributed by atoms with Gasteiger partial charge in [0.25, 0.3) is 0 Å². The maximum absolute atomic E-state index is 13.5. The average molecular weight is 373 g/mol. The lowest BCUT2D eigenvalue weighted by molar-refractivity contribution is -0.116. The summed E-state index contributed by atoms with van der Waals surface area (Å²) in [4.78, 5) is 14.0. The zero-order valence-corrected chi connectivity index (χ0v) is 14.8. The van der Waals surface area contributed by atoms with Gasteiger partial charge in [-0.1, -0.05) is 0 Å². The first-order valence-corrected chi connectivity index (χ1v) is 8.84. The molecule has 142 valence electrons. The maximum Gasteiger partial charge on any atom is 0.244 e. The molecule has 2 N–H and O–H groups in total. The zero-order chi connectivity index (χ0) is 19.1. The molecule has 1 amide bonds. The Morgan fingerprint density at radius 2 is 2.00 bits per heavy atom. The fourth-order valence-corrected chi connectivity index (χ4v) is 2.83. The van der Waals surface area contributed by atoms with Gasteiger partial charge in [-0.25, -0.2) is 8.78 Å². The van der Waals surface area contributed by atoms with E-state index in [4.69, 9.17) is 0 Å². The number of carbonyl (C=O) groups is 1. The van der Waals surface area contributed by atoms with Crippen LogP contribution in [0, 0.1) is 11.6 Å². The number of rotatable bonds is 7. The zero-order valence-electron chi connectivity index (χ0n) is 14.8. The van der Waals surface area contributed by atoms with Crippen molar-refractivity contribution in [2.24, 2.45) is 0 Å². The van der Waals surface area contributed by atoms with Gasteiger partial charge in [-0.05, 0) is 37.1 Å². The number of hydrogen-bond donors (Lipinski definition) is 2.